The lowest BCUT2D eigenvalue weighted by molar-refractivity contribution is 0.0974. The van der Waals surface area contributed by atoms with Crippen LogP contribution < -0.4 is 10.2 Å². The van der Waals surface area contributed by atoms with Gasteiger partial charge in [0.15, 0.2) is 0 Å². The van der Waals surface area contributed by atoms with Gasteiger partial charge in [0.2, 0.25) is 0 Å². The van der Waals surface area contributed by atoms with Crippen LogP contribution in [0.15, 0.2) is 66.7 Å². The lowest BCUT2D eigenvalue weighted by atomic mass is 9.89. The highest BCUT2D eigenvalue weighted by Gasteiger charge is 2.34. The highest BCUT2D eigenvalue weighted by atomic mass is 16.2. The average Bonchev–Trinajstić information content (AvgIpc) is 2.70. The molecule has 0 aliphatic carbocycles. The molecule has 1 heterocycles. The zero-order valence-electron chi connectivity index (χ0n) is 17.6. The van der Waals surface area contributed by atoms with E-state index in [-0.39, 0.29) is 18.0 Å². The zero-order valence-corrected chi connectivity index (χ0v) is 17.6. The van der Waals surface area contributed by atoms with Crippen molar-refractivity contribution in [1.82, 2.24) is 0 Å². The summed E-state index contributed by atoms with van der Waals surface area (Å²) in [6.07, 6.45) is 0.863. The van der Waals surface area contributed by atoms with Crippen LogP contribution in [0.5, 0.6) is 0 Å². The summed E-state index contributed by atoms with van der Waals surface area (Å²) in [6, 6.07) is 23.0. The first-order chi connectivity index (χ1) is 13.9. The SMILES string of the molecule is Cc1ccc(N[C@@H]2C[C@H](C)N(C(=O)c3ccc(C)cc3)c3ccc(C)cc32)cc1. The molecular formula is C26H28N2O. The molecule has 29 heavy (non-hydrogen) atoms. The number of carbonyl (C=O) groups is 1. The van der Waals surface area contributed by atoms with Crippen LogP contribution in [0, 0.1) is 20.8 Å². The summed E-state index contributed by atoms with van der Waals surface area (Å²) >= 11 is 0. The molecule has 3 aromatic carbocycles. The molecule has 148 valence electrons. The summed E-state index contributed by atoms with van der Waals surface area (Å²) in [7, 11) is 0. The minimum atomic E-state index is 0.0661. The Morgan fingerprint density at radius 3 is 2.10 bits per heavy atom. The van der Waals surface area contributed by atoms with Gasteiger partial charge in [-0.25, -0.2) is 0 Å². The van der Waals surface area contributed by atoms with E-state index in [1.807, 2.05) is 36.1 Å². The van der Waals surface area contributed by atoms with Gasteiger partial charge in [-0.1, -0.05) is 53.1 Å². The van der Waals surface area contributed by atoms with E-state index in [4.69, 9.17) is 0 Å². The number of carbonyl (C=O) groups excluding carboxylic acids is 1. The number of fused-ring (bicyclic) bond motifs is 1. The minimum Gasteiger partial charge on any atom is -0.378 e. The van der Waals surface area contributed by atoms with E-state index >= 15 is 0 Å². The second kappa shape index (κ2) is 7.75. The van der Waals surface area contributed by atoms with E-state index in [1.165, 1.54) is 16.7 Å². The van der Waals surface area contributed by atoms with Crippen molar-refractivity contribution in [3.05, 3.63) is 94.5 Å². The van der Waals surface area contributed by atoms with Crippen molar-refractivity contribution >= 4 is 17.3 Å². The number of benzene rings is 3. The van der Waals surface area contributed by atoms with Crippen molar-refractivity contribution in [3.8, 4) is 0 Å². The van der Waals surface area contributed by atoms with Gasteiger partial charge in [-0.15, -0.1) is 0 Å². The monoisotopic (exact) mass is 384 g/mol. The molecule has 3 aromatic rings. The molecule has 0 bridgehead atoms. The number of aryl methyl sites for hydroxylation is 3. The highest BCUT2D eigenvalue weighted by Crippen LogP contribution is 2.40. The van der Waals surface area contributed by atoms with Gasteiger partial charge in [0.1, 0.15) is 0 Å². The molecule has 2 atom stereocenters. The maximum Gasteiger partial charge on any atom is 0.258 e. The first kappa shape index (κ1) is 19.3. The van der Waals surface area contributed by atoms with Gasteiger partial charge in [0.25, 0.3) is 5.91 Å². The number of nitrogens with zero attached hydrogens (tertiary/aromatic N) is 1. The normalized spacial score (nSPS) is 18.3. The number of amides is 1. The molecule has 1 aliphatic heterocycles. The minimum absolute atomic E-state index is 0.0661. The van der Waals surface area contributed by atoms with E-state index in [0.29, 0.717) is 0 Å². The number of rotatable bonds is 3. The molecule has 1 aliphatic rings. The molecule has 1 amide bonds. The van der Waals surface area contributed by atoms with Gasteiger partial charge >= 0.3 is 0 Å². The van der Waals surface area contributed by atoms with Crippen LogP contribution in [0.25, 0.3) is 0 Å². The average molecular weight is 385 g/mol. The zero-order chi connectivity index (χ0) is 20.5. The van der Waals surface area contributed by atoms with Crippen LogP contribution in [-0.4, -0.2) is 11.9 Å². The van der Waals surface area contributed by atoms with E-state index in [0.717, 1.165) is 28.9 Å². The summed E-state index contributed by atoms with van der Waals surface area (Å²) in [6.45, 7) is 8.38. The topological polar surface area (TPSA) is 32.3 Å². The fourth-order valence-corrected chi connectivity index (χ4v) is 4.12. The quantitative estimate of drug-likeness (QED) is 0.583. The second-order valence-electron chi connectivity index (χ2n) is 8.25. The molecule has 1 N–H and O–H groups in total. The summed E-state index contributed by atoms with van der Waals surface area (Å²) in [5.74, 6) is 0.0661. The van der Waals surface area contributed by atoms with Crippen LogP contribution >= 0.6 is 0 Å². The Morgan fingerprint density at radius 2 is 1.45 bits per heavy atom. The van der Waals surface area contributed by atoms with Gasteiger partial charge in [-0.2, -0.15) is 0 Å². The lowest BCUT2D eigenvalue weighted by Crippen LogP contribution is -2.44. The Morgan fingerprint density at radius 1 is 0.862 bits per heavy atom. The molecule has 0 radical (unpaired) electrons. The summed E-state index contributed by atoms with van der Waals surface area (Å²) < 4.78 is 0. The molecule has 0 saturated heterocycles. The third-order valence-corrected chi connectivity index (χ3v) is 5.75. The molecule has 0 saturated carbocycles. The number of nitrogens with one attached hydrogen (secondary N) is 1. The lowest BCUT2D eigenvalue weighted by Gasteiger charge is -2.40. The van der Waals surface area contributed by atoms with Gasteiger partial charge in [0, 0.05) is 23.0 Å². The van der Waals surface area contributed by atoms with Crippen LogP contribution in [0.2, 0.25) is 0 Å². The Kier molecular flexibility index (Phi) is 5.14. The van der Waals surface area contributed by atoms with E-state index < -0.39 is 0 Å². The predicted molar refractivity (Wildman–Crippen MR) is 121 cm³/mol. The van der Waals surface area contributed by atoms with Gasteiger partial charge in [0.05, 0.1) is 6.04 Å². The number of hydrogen-bond donors (Lipinski definition) is 1. The van der Waals surface area contributed by atoms with E-state index in [2.05, 4.69) is 68.6 Å². The number of anilines is 2. The van der Waals surface area contributed by atoms with Crippen molar-refractivity contribution in [1.29, 1.82) is 0 Å². The smallest absolute Gasteiger partial charge is 0.258 e. The molecule has 3 nitrogen and oxygen atoms in total. The molecule has 4 rings (SSSR count). The second-order valence-corrected chi connectivity index (χ2v) is 8.25. The van der Waals surface area contributed by atoms with Crippen molar-refractivity contribution in [2.45, 2.75) is 46.2 Å². The Hall–Kier alpha value is -3.07. The Balaban J connectivity index is 1.70. The first-order valence-electron chi connectivity index (χ1n) is 10.3. The van der Waals surface area contributed by atoms with Crippen molar-refractivity contribution < 1.29 is 4.79 Å². The van der Waals surface area contributed by atoms with Crippen molar-refractivity contribution in [2.75, 3.05) is 10.2 Å². The highest BCUT2D eigenvalue weighted by molar-refractivity contribution is 6.07. The Labute approximate surface area is 173 Å². The summed E-state index contributed by atoms with van der Waals surface area (Å²) in [4.78, 5) is 15.3. The fourth-order valence-electron chi connectivity index (χ4n) is 4.12. The van der Waals surface area contributed by atoms with Crippen LogP contribution in [0.4, 0.5) is 11.4 Å². The van der Waals surface area contributed by atoms with Crippen LogP contribution in [0.3, 0.4) is 0 Å². The summed E-state index contributed by atoms with van der Waals surface area (Å²) in [5, 5.41) is 3.69. The molecule has 3 heteroatoms. The maximum atomic E-state index is 13.4. The van der Waals surface area contributed by atoms with E-state index in [9.17, 15) is 4.79 Å². The van der Waals surface area contributed by atoms with Gasteiger partial charge in [-0.05, 0) is 70.0 Å². The van der Waals surface area contributed by atoms with Crippen molar-refractivity contribution in [3.63, 3.8) is 0 Å². The Bertz CT molecular complexity index is 1020. The molecule has 0 aromatic heterocycles. The summed E-state index contributed by atoms with van der Waals surface area (Å²) in [5.41, 5.74) is 7.65. The van der Waals surface area contributed by atoms with Crippen LogP contribution in [-0.2, 0) is 0 Å². The first-order valence-corrected chi connectivity index (χ1v) is 10.3. The van der Waals surface area contributed by atoms with Gasteiger partial charge in [-0.3, -0.25) is 4.79 Å². The predicted octanol–water partition coefficient (Wildman–Crippen LogP) is 6.20. The standard InChI is InChI=1S/C26H28N2O/c1-17-5-10-21(11-6-17)26(29)28-20(4)16-24(23-15-19(3)9-14-25(23)28)27-22-12-7-18(2)8-13-22/h5-15,20,24,27H,16H2,1-4H3/t20-,24+/m0/s1. The fraction of sp³-hybridized carbons (Fsp3) is 0.269. The van der Waals surface area contributed by atoms with Crippen LogP contribution in [0.1, 0.15) is 52.0 Å². The molecule has 0 spiro atoms. The molecule has 0 fully saturated rings. The third kappa shape index (κ3) is 3.91. The molecule has 0 unspecified atom stereocenters. The largest absolute Gasteiger partial charge is 0.378 e. The maximum absolute atomic E-state index is 13.4. The van der Waals surface area contributed by atoms with Gasteiger partial charge < -0.3 is 10.2 Å². The third-order valence-electron chi connectivity index (χ3n) is 5.75. The molecular weight excluding hydrogens is 356 g/mol. The number of hydrogen-bond acceptors (Lipinski definition) is 2. The van der Waals surface area contributed by atoms with Crippen molar-refractivity contribution in [2.24, 2.45) is 0 Å². The van der Waals surface area contributed by atoms with E-state index in [1.54, 1.807) is 0 Å².